The maximum absolute atomic E-state index is 8.56. The Bertz CT molecular complexity index is 106. The maximum atomic E-state index is 8.56. The van der Waals surface area contributed by atoms with E-state index in [-0.39, 0.29) is 127 Å². The quantitative estimate of drug-likeness (QED) is 0.268. The third-order valence-electron chi connectivity index (χ3n) is 0. The summed E-state index contributed by atoms with van der Waals surface area (Å²) in [5.74, 6) is 0. The molecule has 0 aliphatic rings. The van der Waals surface area contributed by atoms with Crippen molar-refractivity contribution >= 4 is 119 Å². The van der Waals surface area contributed by atoms with E-state index in [1.165, 1.54) is 6.19 Å². The number of carboxylic acid groups (broad SMARTS) is 2. The Morgan fingerprint density at radius 1 is 1.36 bits per heavy atom. The van der Waals surface area contributed by atoms with Gasteiger partial charge in [0, 0.05) is 0 Å². The van der Waals surface area contributed by atoms with Crippen molar-refractivity contribution < 1.29 is 29.0 Å². The van der Waals surface area contributed by atoms with Crippen molar-refractivity contribution in [1.82, 2.24) is 0 Å². The summed E-state index contributed by atoms with van der Waals surface area (Å²) >= 11 is 0. The zero-order valence-corrected chi connectivity index (χ0v) is 12.6. The molecule has 0 rings (SSSR count). The Hall–Kier alpha value is 2.30. The second-order valence-electron chi connectivity index (χ2n) is 0.412. The number of nitriles is 1. The van der Waals surface area contributed by atoms with Crippen LogP contribution in [0.15, 0.2) is 0 Å². The molecule has 0 unspecified atom stereocenters. The van der Waals surface area contributed by atoms with Crippen LogP contribution in [0.3, 0.4) is 0 Å². The molecule has 9 heteroatoms. The van der Waals surface area contributed by atoms with E-state index in [9.17, 15) is 0 Å². The van der Waals surface area contributed by atoms with E-state index >= 15 is 0 Å². The first kappa shape index (κ1) is 37.8. The topological polar surface area (TPSA) is 139 Å². The van der Waals surface area contributed by atoms with Crippen molar-refractivity contribution in [1.29, 1.82) is 5.26 Å². The van der Waals surface area contributed by atoms with Crippen LogP contribution in [0.4, 0.5) is 4.79 Å². The molecule has 6 nitrogen and oxygen atoms in total. The first-order chi connectivity index (χ1) is 3.15. The Kier molecular flexibility index (Phi) is 136. The molecule has 6 N–H and O–H groups in total. The minimum absolute atomic E-state index is 0. The number of hydrogen-bond donors (Lipinski definition) is 3. The summed E-state index contributed by atoms with van der Waals surface area (Å²) in [5.41, 5.74) is 4.15. The van der Waals surface area contributed by atoms with Gasteiger partial charge in [0.15, 0.2) is 6.19 Å². The number of rotatable bonds is 0. The maximum Gasteiger partial charge on any atom is 2.00 e. The van der Waals surface area contributed by atoms with E-state index in [1.54, 1.807) is 0 Å². The normalized spacial score (nSPS) is 2.82. The summed E-state index contributed by atoms with van der Waals surface area (Å²) in [7, 11) is 0. The first-order valence-corrected chi connectivity index (χ1v) is 1.16. The molecule has 11 heavy (non-hydrogen) atoms. The standard InChI is InChI=1S/CH2N2.CH2O3.3Ca.H2O.6H/c2-1-3;2-1(3)4;;;;;;;;;;/h2H2;(H2,2,3,4);;;;1H2;;;;;;/q;;3*+2;;6*-1. The molecule has 0 heterocycles. The van der Waals surface area contributed by atoms with Crippen LogP contribution in [-0.4, -0.2) is 135 Å². The van der Waals surface area contributed by atoms with Gasteiger partial charge < -0.3 is 30.0 Å². The van der Waals surface area contributed by atoms with Crippen molar-refractivity contribution in [2.75, 3.05) is 0 Å². The fraction of sp³-hybridized carbons (Fsp3) is 0. The molecule has 0 radical (unpaired) electrons. The van der Waals surface area contributed by atoms with Crippen LogP contribution in [0.5, 0.6) is 0 Å². The average Bonchev–Trinajstić information content (AvgIpc) is 1.33. The van der Waals surface area contributed by atoms with Gasteiger partial charge in [-0.05, 0) is 0 Å². The van der Waals surface area contributed by atoms with Crippen LogP contribution in [-0.2, 0) is 0 Å². The SMILES string of the molecule is N#CN.O.O=C(O)O.[Ca+2].[Ca+2].[Ca+2].[H-].[H-].[H-].[H-].[H-].[H-]. The van der Waals surface area contributed by atoms with Gasteiger partial charge in [-0.1, -0.05) is 0 Å². The number of carbonyl (C=O) groups is 1. The number of hydrogen-bond acceptors (Lipinski definition) is 3. The fourth-order valence-corrected chi connectivity index (χ4v) is 0. The van der Waals surface area contributed by atoms with Gasteiger partial charge in [0.2, 0.25) is 0 Å². The summed E-state index contributed by atoms with van der Waals surface area (Å²) in [4.78, 5) is 8.56. The Morgan fingerprint density at radius 3 is 1.36 bits per heavy atom. The van der Waals surface area contributed by atoms with Crippen LogP contribution < -0.4 is 5.73 Å². The minimum Gasteiger partial charge on any atom is -1.00 e. The van der Waals surface area contributed by atoms with Crippen LogP contribution in [0, 0.1) is 11.5 Å². The second kappa shape index (κ2) is 39.6. The molecule has 0 saturated carbocycles. The minimum atomic E-state index is -1.83. The third kappa shape index (κ3) is 247. The number of nitrogens with zero attached hydrogens (tertiary/aromatic N) is 1. The van der Waals surface area contributed by atoms with Crippen molar-refractivity contribution in [2.45, 2.75) is 0 Å². The molecular weight excluding hydrogens is 236 g/mol. The summed E-state index contributed by atoms with van der Waals surface area (Å²) in [6, 6.07) is 0. The Morgan fingerprint density at radius 2 is 1.36 bits per heavy atom. The molecule has 0 saturated heterocycles. The predicted octanol–water partition coefficient (Wildman–Crippen LogP) is -1.64. The molecule has 0 fully saturated rings. The second-order valence-corrected chi connectivity index (χ2v) is 0.412. The van der Waals surface area contributed by atoms with E-state index in [2.05, 4.69) is 5.73 Å². The van der Waals surface area contributed by atoms with Crippen LogP contribution >= 0.6 is 0 Å². The van der Waals surface area contributed by atoms with Gasteiger partial charge >= 0.3 is 119 Å². The molecule has 0 aromatic rings. The molecule has 0 aliphatic heterocycles. The van der Waals surface area contributed by atoms with E-state index < -0.39 is 6.16 Å². The largest absolute Gasteiger partial charge is 2.00 e. The van der Waals surface area contributed by atoms with Gasteiger partial charge in [-0.3, -0.25) is 0 Å². The predicted molar refractivity (Wildman–Crippen MR) is 48.0 cm³/mol. The van der Waals surface area contributed by atoms with Gasteiger partial charge in [0.1, 0.15) is 0 Å². The average molecular weight is 248 g/mol. The third-order valence-corrected chi connectivity index (χ3v) is 0. The van der Waals surface area contributed by atoms with Crippen molar-refractivity contribution in [3.8, 4) is 6.19 Å². The molecule has 0 aliphatic carbocycles. The summed E-state index contributed by atoms with van der Waals surface area (Å²) in [6.07, 6.45) is -0.583. The zero-order chi connectivity index (χ0) is 6.28. The molecule has 0 aromatic carbocycles. The molecular formula is C2H12Ca3N2O4. The molecule has 0 atom stereocenters. The van der Waals surface area contributed by atoms with E-state index in [0.717, 1.165) is 0 Å². The molecule has 0 spiro atoms. The Labute approximate surface area is 162 Å². The van der Waals surface area contributed by atoms with E-state index in [1.807, 2.05) is 0 Å². The van der Waals surface area contributed by atoms with Crippen LogP contribution in [0.2, 0.25) is 0 Å². The van der Waals surface area contributed by atoms with Crippen molar-refractivity contribution in [3.05, 3.63) is 0 Å². The molecule has 0 bridgehead atoms. The Balaban J connectivity index is -0.00000000187. The van der Waals surface area contributed by atoms with Crippen molar-refractivity contribution in [3.63, 3.8) is 0 Å². The summed E-state index contributed by atoms with van der Waals surface area (Å²) in [5, 5.41) is 21.0. The van der Waals surface area contributed by atoms with Gasteiger partial charge in [-0.25, -0.2) is 4.79 Å². The molecule has 0 aromatic heterocycles. The molecule has 0 amide bonds. The molecule has 60 valence electrons. The zero-order valence-electron chi connectivity index (χ0n) is 11.9. The van der Waals surface area contributed by atoms with Gasteiger partial charge in [0.05, 0.1) is 0 Å². The van der Waals surface area contributed by atoms with E-state index in [4.69, 9.17) is 20.3 Å². The smallest absolute Gasteiger partial charge is 1.00 e. The first-order valence-electron chi connectivity index (χ1n) is 1.16. The van der Waals surface area contributed by atoms with Gasteiger partial charge in [0.25, 0.3) is 0 Å². The van der Waals surface area contributed by atoms with Gasteiger partial charge in [-0.2, -0.15) is 5.26 Å². The van der Waals surface area contributed by atoms with Crippen LogP contribution in [0.25, 0.3) is 0 Å². The summed E-state index contributed by atoms with van der Waals surface area (Å²) in [6.45, 7) is 0. The number of nitrogens with two attached hydrogens (primary N) is 1. The fourth-order valence-electron chi connectivity index (χ4n) is 0. The monoisotopic (exact) mass is 248 g/mol. The van der Waals surface area contributed by atoms with Crippen molar-refractivity contribution in [2.24, 2.45) is 5.73 Å². The van der Waals surface area contributed by atoms with E-state index in [0.29, 0.717) is 0 Å². The summed E-state index contributed by atoms with van der Waals surface area (Å²) < 4.78 is 0. The van der Waals surface area contributed by atoms with Crippen LogP contribution in [0.1, 0.15) is 8.56 Å². The van der Waals surface area contributed by atoms with Gasteiger partial charge in [-0.15, -0.1) is 0 Å².